The van der Waals surface area contributed by atoms with Gasteiger partial charge in [0.1, 0.15) is 6.04 Å². The number of hydrogen-bond donors (Lipinski definition) is 2. The van der Waals surface area contributed by atoms with E-state index >= 15 is 0 Å². The number of hydrogen-bond acceptors (Lipinski definition) is 2. The molecule has 1 aliphatic rings. The molecule has 0 aromatic heterocycles. The normalized spacial score (nSPS) is 17.9. The monoisotopic (exact) mass is 241 g/mol. The SMILES string of the molecule is CC(C)C[C@H](NC(N)=O)C(=O)N1CCCCC1. The largest absolute Gasteiger partial charge is 0.352 e. The van der Waals surface area contributed by atoms with Crippen LogP contribution in [0.2, 0.25) is 0 Å². The van der Waals surface area contributed by atoms with Crippen LogP contribution in [0.3, 0.4) is 0 Å². The molecule has 1 aliphatic heterocycles. The first-order valence-electron chi connectivity index (χ1n) is 6.35. The fourth-order valence-electron chi connectivity index (χ4n) is 2.20. The molecule has 5 nitrogen and oxygen atoms in total. The minimum Gasteiger partial charge on any atom is -0.352 e. The molecule has 0 aromatic rings. The molecule has 0 saturated carbocycles. The highest BCUT2D eigenvalue weighted by atomic mass is 16.2. The Morgan fingerprint density at radius 1 is 1.24 bits per heavy atom. The maximum Gasteiger partial charge on any atom is 0.312 e. The van der Waals surface area contributed by atoms with Crippen LogP contribution < -0.4 is 11.1 Å². The molecular weight excluding hydrogens is 218 g/mol. The second-order valence-corrected chi connectivity index (χ2v) is 5.08. The minimum atomic E-state index is -0.624. The summed E-state index contributed by atoms with van der Waals surface area (Å²) in [5, 5.41) is 2.56. The molecular formula is C12H23N3O2. The van der Waals surface area contributed by atoms with Gasteiger partial charge >= 0.3 is 6.03 Å². The number of nitrogens with one attached hydrogen (secondary N) is 1. The van der Waals surface area contributed by atoms with Gasteiger partial charge in [0.05, 0.1) is 0 Å². The number of carbonyl (C=O) groups is 2. The van der Waals surface area contributed by atoms with Crippen molar-refractivity contribution in [2.75, 3.05) is 13.1 Å². The highest BCUT2D eigenvalue weighted by Crippen LogP contribution is 2.13. The standard InChI is InChI=1S/C12H23N3O2/c1-9(2)8-10(14-12(13)17)11(16)15-6-4-3-5-7-15/h9-10H,3-8H2,1-2H3,(H3,13,14,17)/t10-/m0/s1. The molecule has 0 aromatic carbocycles. The molecule has 17 heavy (non-hydrogen) atoms. The van der Waals surface area contributed by atoms with E-state index in [1.54, 1.807) is 0 Å². The summed E-state index contributed by atoms with van der Waals surface area (Å²) in [7, 11) is 0. The van der Waals surface area contributed by atoms with Gasteiger partial charge in [-0.1, -0.05) is 13.8 Å². The van der Waals surface area contributed by atoms with Crippen molar-refractivity contribution in [2.24, 2.45) is 11.7 Å². The minimum absolute atomic E-state index is 0.0113. The number of carbonyl (C=O) groups excluding carboxylic acids is 2. The average Bonchev–Trinajstić information content (AvgIpc) is 2.27. The van der Waals surface area contributed by atoms with Gasteiger partial charge in [-0.05, 0) is 31.6 Å². The molecule has 0 unspecified atom stereocenters. The van der Waals surface area contributed by atoms with Gasteiger partial charge in [0.25, 0.3) is 0 Å². The number of primary amides is 1. The van der Waals surface area contributed by atoms with E-state index in [4.69, 9.17) is 5.73 Å². The number of likely N-dealkylation sites (tertiary alicyclic amines) is 1. The zero-order chi connectivity index (χ0) is 12.8. The summed E-state index contributed by atoms with van der Waals surface area (Å²) in [5.41, 5.74) is 5.12. The first-order valence-corrected chi connectivity index (χ1v) is 6.35. The number of amides is 3. The molecule has 1 fully saturated rings. The van der Waals surface area contributed by atoms with Crippen LogP contribution in [0.5, 0.6) is 0 Å². The van der Waals surface area contributed by atoms with Crippen LogP contribution in [0.1, 0.15) is 39.5 Å². The van der Waals surface area contributed by atoms with E-state index in [-0.39, 0.29) is 5.91 Å². The van der Waals surface area contributed by atoms with Crippen molar-refractivity contribution in [2.45, 2.75) is 45.6 Å². The summed E-state index contributed by atoms with van der Waals surface area (Å²) in [5.74, 6) is 0.359. The van der Waals surface area contributed by atoms with E-state index in [0.717, 1.165) is 25.9 Å². The lowest BCUT2D eigenvalue weighted by atomic mass is 10.0. The third-order valence-corrected chi connectivity index (χ3v) is 2.99. The second-order valence-electron chi connectivity index (χ2n) is 5.08. The molecule has 0 spiro atoms. The Balaban J connectivity index is 2.60. The number of nitrogens with two attached hydrogens (primary N) is 1. The van der Waals surface area contributed by atoms with Crippen molar-refractivity contribution >= 4 is 11.9 Å². The third kappa shape index (κ3) is 4.63. The van der Waals surface area contributed by atoms with E-state index in [1.807, 2.05) is 18.7 Å². The Morgan fingerprint density at radius 3 is 2.29 bits per heavy atom. The Bertz CT molecular complexity index is 273. The van der Waals surface area contributed by atoms with Crippen LogP contribution in [-0.2, 0) is 4.79 Å². The van der Waals surface area contributed by atoms with E-state index in [2.05, 4.69) is 5.32 Å². The lowest BCUT2D eigenvalue weighted by Crippen LogP contribution is -2.51. The molecule has 0 aliphatic carbocycles. The van der Waals surface area contributed by atoms with E-state index < -0.39 is 12.1 Å². The summed E-state index contributed by atoms with van der Waals surface area (Å²) in [6, 6.07) is -1.09. The topological polar surface area (TPSA) is 75.4 Å². The fourth-order valence-corrected chi connectivity index (χ4v) is 2.20. The van der Waals surface area contributed by atoms with Crippen LogP contribution >= 0.6 is 0 Å². The first kappa shape index (κ1) is 13.8. The highest BCUT2D eigenvalue weighted by Gasteiger charge is 2.26. The molecule has 3 amide bonds. The number of piperidine rings is 1. The van der Waals surface area contributed by atoms with Gasteiger partial charge in [-0.2, -0.15) is 0 Å². The summed E-state index contributed by atoms with van der Waals surface area (Å²) in [6.07, 6.45) is 3.92. The fraction of sp³-hybridized carbons (Fsp3) is 0.833. The molecule has 1 atom stereocenters. The lowest BCUT2D eigenvalue weighted by molar-refractivity contribution is -0.134. The number of nitrogens with zero attached hydrogens (tertiary/aromatic N) is 1. The molecule has 5 heteroatoms. The number of urea groups is 1. The predicted octanol–water partition coefficient (Wildman–Crippen LogP) is 1.08. The zero-order valence-corrected chi connectivity index (χ0v) is 10.7. The van der Waals surface area contributed by atoms with Crippen molar-refractivity contribution in [1.29, 1.82) is 0 Å². The quantitative estimate of drug-likeness (QED) is 0.773. The summed E-state index contributed by atoms with van der Waals surface area (Å²) in [4.78, 5) is 25.0. The highest BCUT2D eigenvalue weighted by molar-refractivity contribution is 5.86. The number of rotatable bonds is 4. The van der Waals surface area contributed by atoms with Crippen molar-refractivity contribution in [3.8, 4) is 0 Å². The maximum absolute atomic E-state index is 12.2. The van der Waals surface area contributed by atoms with Crippen molar-refractivity contribution < 1.29 is 9.59 Å². The Hall–Kier alpha value is -1.26. The average molecular weight is 241 g/mol. The van der Waals surface area contributed by atoms with E-state index in [1.165, 1.54) is 6.42 Å². The Morgan fingerprint density at radius 2 is 1.82 bits per heavy atom. The van der Waals surface area contributed by atoms with Crippen LogP contribution in [-0.4, -0.2) is 36.0 Å². The molecule has 98 valence electrons. The van der Waals surface area contributed by atoms with Crippen molar-refractivity contribution in [3.05, 3.63) is 0 Å². The molecule has 1 saturated heterocycles. The Kier molecular flexibility index (Phi) is 5.25. The van der Waals surface area contributed by atoms with Gasteiger partial charge in [0.2, 0.25) is 5.91 Å². The van der Waals surface area contributed by atoms with Crippen LogP contribution in [0.15, 0.2) is 0 Å². The summed E-state index contributed by atoms with van der Waals surface area (Å²) in [6.45, 7) is 5.65. The van der Waals surface area contributed by atoms with Gasteiger partial charge in [-0.3, -0.25) is 4.79 Å². The van der Waals surface area contributed by atoms with Crippen LogP contribution in [0, 0.1) is 5.92 Å². The zero-order valence-electron chi connectivity index (χ0n) is 10.7. The Labute approximate surface area is 103 Å². The lowest BCUT2D eigenvalue weighted by Gasteiger charge is -2.31. The van der Waals surface area contributed by atoms with Gasteiger partial charge in [-0.25, -0.2) is 4.79 Å². The molecule has 1 heterocycles. The summed E-state index contributed by atoms with van der Waals surface area (Å²) < 4.78 is 0. The van der Waals surface area contributed by atoms with Crippen molar-refractivity contribution in [1.82, 2.24) is 10.2 Å². The molecule has 1 rings (SSSR count). The third-order valence-electron chi connectivity index (χ3n) is 2.99. The maximum atomic E-state index is 12.2. The van der Waals surface area contributed by atoms with Gasteiger partial charge in [-0.15, -0.1) is 0 Å². The van der Waals surface area contributed by atoms with Crippen LogP contribution in [0.25, 0.3) is 0 Å². The second kappa shape index (κ2) is 6.47. The molecule has 0 radical (unpaired) electrons. The van der Waals surface area contributed by atoms with Crippen LogP contribution in [0.4, 0.5) is 4.79 Å². The predicted molar refractivity (Wildman–Crippen MR) is 66.4 cm³/mol. The van der Waals surface area contributed by atoms with Gasteiger partial charge in [0, 0.05) is 13.1 Å². The van der Waals surface area contributed by atoms with E-state index in [9.17, 15) is 9.59 Å². The smallest absolute Gasteiger partial charge is 0.312 e. The molecule has 3 N–H and O–H groups in total. The van der Waals surface area contributed by atoms with Crippen molar-refractivity contribution in [3.63, 3.8) is 0 Å². The first-order chi connectivity index (χ1) is 8.00. The van der Waals surface area contributed by atoms with E-state index in [0.29, 0.717) is 12.3 Å². The van der Waals surface area contributed by atoms with Gasteiger partial charge in [0.15, 0.2) is 0 Å². The van der Waals surface area contributed by atoms with Gasteiger partial charge < -0.3 is 16.0 Å². The summed E-state index contributed by atoms with van der Waals surface area (Å²) >= 11 is 0. The molecule has 0 bridgehead atoms.